The lowest BCUT2D eigenvalue weighted by Crippen LogP contribution is -2.40. The number of para-hydroxylation sites is 1. The Labute approximate surface area is 153 Å². The summed E-state index contributed by atoms with van der Waals surface area (Å²) in [4.78, 5) is 22.5. The number of aromatic nitrogens is 2. The van der Waals surface area contributed by atoms with Crippen LogP contribution in [0.15, 0.2) is 48.5 Å². The minimum atomic E-state index is 0.0486. The molecule has 1 N–H and O–H groups in total. The van der Waals surface area contributed by atoms with E-state index in [0.717, 1.165) is 48.5 Å². The Bertz CT molecular complexity index is 896. The number of aromatic amines is 1. The Hall–Kier alpha value is -2.82. The topological polar surface area (TPSA) is 58.2 Å². The molecule has 2 aromatic carbocycles. The van der Waals surface area contributed by atoms with Gasteiger partial charge in [0.05, 0.1) is 11.0 Å². The van der Waals surface area contributed by atoms with Gasteiger partial charge in [-0.3, -0.25) is 4.79 Å². The highest BCUT2D eigenvalue weighted by molar-refractivity contribution is 5.78. The number of rotatable bonds is 4. The number of carbonyl (C=O) groups excluding carboxylic acids is 1. The molecule has 2 heterocycles. The van der Waals surface area contributed by atoms with Crippen molar-refractivity contribution < 1.29 is 9.53 Å². The fraction of sp³-hybridized carbons (Fsp3) is 0.333. The third-order valence-electron chi connectivity index (χ3n) is 5.00. The molecule has 0 aliphatic carbocycles. The predicted octanol–water partition coefficient (Wildman–Crippen LogP) is 3.66. The summed E-state index contributed by atoms with van der Waals surface area (Å²) in [7, 11) is 0. The number of ether oxygens (including phenoxy) is 1. The zero-order valence-electron chi connectivity index (χ0n) is 14.9. The first kappa shape index (κ1) is 16.6. The van der Waals surface area contributed by atoms with Crippen LogP contribution in [-0.2, 0) is 4.79 Å². The number of H-pyrrole nitrogens is 1. The largest absolute Gasteiger partial charge is 0.484 e. The number of imidazole rings is 1. The van der Waals surface area contributed by atoms with Crippen molar-refractivity contribution in [1.82, 2.24) is 14.9 Å². The van der Waals surface area contributed by atoms with Gasteiger partial charge >= 0.3 is 0 Å². The summed E-state index contributed by atoms with van der Waals surface area (Å²) < 4.78 is 5.57. The first-order chi connectivity index (χ1) is 12.7. The van der Waals surface area contributed by atoms with Crippen molar-refractivity contribution in [3.63, 3.8) is 0 Å². The lowest BCUT2D eigenvalue weighted by molar-refractivity contribution is -0.134. The van der Waals surface area contributed by atoms with E-state index in [4.69, 9.17) is 9.72 Å². The fourth-order valence-electron chi connectivity index (χ4n) is 3.49. The molecule has 134 valence electrons. The van der Waals surface area contributed by atoms with Crippen molar-refractivity contribution in [3.8, 4) is 5.75 Å². The second kappa shape index (κ2) is 7.20. The summed E-state index contributed by atoms with van der Waals surface area (Å²) >= 11 is 0. The number of hydrogen-bond donors (Lipinski definition) is 1. The number of benzene rings is 2. The van der Waals surface area contributed by atoms with Crippen LogP contribution < -0.4 is 4.74 Å². The van der Waals surface area contributed by atoms with Crippen LogP contribution in [0.25, 0.3) is 11.0 Å². The smallest absolute Gasteiger partial charge is 0.260 e. The highest BCUT2D eigenvalue weighted by Gasteiger charge is 2.26. The lowest BCUT2D eigenvalue weighted by Gasteiger charge is -2.31. The first-order valence-corrected chi connectivity index (χ1v) is 9.11. The van der Waals surface area contributed by atoms with Crippen molar-refractivity contribution in [2.75, 3.05) is 19.7 Å². The van der Waals surface area contributed by atoms with E-state index in [1.807, 2.05) is 35.2 Å². The van der Waals surface area contributed by atoms with Crippen molar-refractivity contribution in [2.45, 2.75) is 25.7 Å². The molecule has 1 saturated heterocycles. The van der Waals surface area contributed by atoms with Crippen LogP contribution in [0.5, 0.6) is 5.75 Å². The van der Waals surface area contributed by atoms with Gasteiger partial charge < -0.3 is 14.6 Å². The number of piperidine rings is 1. The van der Waals surface area contributed by atoms with E-state index in [0.29, 0.717) is 5.92 Å². The molecular formula is C21H23N3O2. The number of nitrogens with zero attached hydrogens (tertiary/aromatic N) is 2. The molecule has 1 aromatic heterocycles. The maximum Gasteiger partial charge on any atom is 0.260 e. The zero-order chi connectivity index (χ0) is 17.9. The standard InChI is InChI=1S/C21H23N3O2/c1-15-7-8-18-19(13-15)23-21(22-18)16-9-11-24(12-10-16)20(25)14-26-17-5-3-2-4-6-17/h2-8,13,16H,9-12,14H2,1H3,(H,22,23). The molecule has 0 radical (unpaired) electrons. The van der Waals surface area contributed by atoms with Crippen molar-refractivity contribution in [2.24, 2.45) is 0 Å². The number of nitrogens with one attached hydrogen (secondary N) is 1. The second-order valence-corrected chi connectivity index (χ2v) is 6.90. The average Bonchev–Trinajstić information content (AvgIpc) is 3.10. The Morgan fingerprint density at radius 3 is 2.73 bits per heavy atom. The minimum Gasteiger partial charge on any atom is -0.484 e. The number of carbonyl (C=O) groups is 1. The summed E-state index contributed by atoms with van der Waals surface area (Å²) in [6.45, 7) is 3.68. The molecule has 5 heteroatoms. The molecule has 0 unspecified atom stereocenters. The van der Waals surface area contributed by atoms with Gasteiger partial charge in [0.15, 0.2) is 6.61 Å². The van der Waals surface area contributed by atoms with E-state index >= 15 is 0 Å². The van der Waals surface area contributed by atoms with Crippen LogP contribution in [0.4, 0.5) is 0 Å². The molecule has 26 heavy (non-hydrogen) atoms. The number of likely N-dealkylation sites (tertiary alicyclic amines) is 1. The van der Waals surface area contributed by atoms with E-state index in [2.05, 4.69) is 30.1 Å². The first-order valence-electron chi connectivity index (χ1n) is 9.11. The van der Waals surface area contributed by atoms with Crippen LogP contribution in [-0.4, -0.2) is 40.5 Å². The molecule has 1 aliphatic heterocycles. The molecule has 1 amide bonds. The van der Waals surface area contributed by atoms with Crippen molar-refractivity contribution in [1.29, 1.82) is 0 Å². The molecule has 1 aliphatic rings. The Balaban J connectivity index is 1.33. The van der Waals surface area contributed by atoms with Gasteiger partial charge in [-0.2, -0.15) is 0 Å². The normalized spacial score (nSPS) is 15.3. The number of fused-ring (bicyclic) bond motifs is 1. The molecule has 4 rings (SSSR count). The van der Waals surface area contributed by atoms with Crippen LogP contribution in [0.1, 0.15) is 30.1 Å². The molecule has 0 bridgehead atoms. The monoisotopic (exact) mass is 349 g/mol. The Kier molecular flexibility index (Phi) is 4.61. The van der Waals surface area contributed by atoms with Gasteiger partial charge in [-0.25, -0.2) is 4.98 Å². The lowest BCUT2D eigenvalue weighted by atomic mass is 9.96. The quantitative estimate of drug-likeness (QED) is 0.782. The van der Waals surface area contributed by atoms with Crippen molar-refractivity contribution in [3.05, 3.63) is 59.9 Å². The molecule has 0 saturated carbocycles. The SMILES string of the molecule is Cc1ccc2nc(C3CCN(C(=O)COc4ccccc4)CC3)[nH]c2c1. The van der Waals surface area contributed by atoms with Crippen LogP contribution >= 0.6 is 0 Å². The Morgan fingerprint density at radius 1 is 1.19 bits per heavy atom. The summed E-state index contributed by atoms with van der Waals surface area (Å²) in [5.41, 5.74) is 3.33. The summed E-state index contributed by atoms with van der Waals surface area (Å²) in [5.74, 6) is 2.20. The molecule has 0 spiro atoms. The third kappa shape index (κ3) is 3.57. The van der Waals surface area contributed by atoms with Gasteiger partial charge in [0.2, 0.25) is 0 Å². The van der Waals surface area contributed by atoms with Gasteiger partial charge in [0.1, 0.15) is 11.6 Å². The highest BCUT2D eigenvalue weighted by atomic mass is 16.5. The van der Waals surface area contributed by atoms with Crippen LogP contribution in [0, 0.1) is 6.92 Å². The zero-order valence-corrected chi connectivity index (χ0v) is 14.9. The summed E-state index contributed by atoms with van der Waals surface area (Å²) in [6, 6.07) is 15.7. The maximum atomic E-state index is 12.4. The van der Waals surface area contributed by atoms with Crippen molar-refractivity contribution >= 4 is 16.9 Å². The van der Waals surface area contributed by atoms with E-state index in [1.165, 1.54) is 5.56 Å². The van der Waals surface area contributed by atoms with Crippen LogP contribution in [0.3, 0.4) is 0 Å². The van der Waals surface area contributed by atoms with E-state index in [-0.39, 0.29) is 12.5 Å². The molecule has 5 nitrogen and oxygen atoms in total. The number of aryl methyl sites for hydroxylation is 1. The highest BCUT2D eigenvalue weighted by Crippen LogP contribution is 2.28. The fourth-order valence-corrected chi connectivity index (χ4v) is 3.49. The third-order valence-corrected chi connectivity index (χ3v) is 5.00. The van der Waals surface area contributed by atoms with E-state index in [9.17, 15) is 4.79 Å². The van der Waals surface area contributed by atoms with Crippen LogP contribution in [0.2, 0.25) is 0 Å². The molecule has 3 aromatic rings. The number of amides is 1. The molecule has 1 fully saturated rings. The predicted molar refractivity (Wildman–Crippen MR) is 101 cm³/mol. The van der Waals surface area contributed by atoms with Gasteiger partial charge in [-0.1, -0.05) is 24.3 Å². The van der Waals surface area contributed by atoms with E-state index in [1.54, 1.807) is 0 Å². The maximum absolute atomic E-state index is 12.4. The van der Waals surface area contributed by atoms with Gasteiger partial charge in [-0.15, -0.1) is 0 Å². The summed E-state index contributed by atoms with van der Waals surface area (Å²) in [5, 5.41) is 0. The van der Waals surface area contributed by atoms with E-state index < -0.39 is 0 Å². The molecule has 0 atom stereocenters. The molecular weight excluding hydrogens is 326 g/mol. The van der Waals surface area contributed by atoms with Gasteiger partial charge in [0, 0.05) is 19.0 Å². The van der Waals surface area contributed by atoms with Gasteiger partial charge in [-0.05, 0) is 49.6 Å². The Morgan fingerprint density at radius 2 is 1.96 bits per heavy atom. The summed E-state index contributed by atoms with van der Waals surface area (Å²) in [6.07, 6.45) is 1.85. The number of hydrogen-bond acceptors (Lipinski definition) is 3. The minimum absolute atomic E-state index is 0.0486. The second-order valence-electron chi connectivity index (χ2n) is 6.90. The average molecular weight is 349 g/mol. The van der Waals surface area contributed by atoms with Gasteiger partial charge in [0.25, 0.3) is 5.91 Å².